The lowest BCUT2D eigenvalue weighted by molar-refractivity contribution is -0.118. The predicted molar refractivity (Wildman–Crippen MR) is 64.5 cm³/mol. The Balaban J connectivity index is 2.79. The van der Waals surface area contributed by atoms with Gasteiger partial charge in [-0.3, -0.25) is 9.59 Å². The summed E-state index contributed by atoms with van der Waals surface area (Å²) in [4.78, 5) is 30.3. The second kappa shape index (κ2) is 5.94. The van der Waals surface area contributed by atoms with Gasteiger partial charge < -0.3 is 17.2 Å². The van der Waals surface area contributed by atoms with Crippen LogP contribution in [0.25, 0.3) is 0 Å². The highest BCUT2D eigenvalue weighted by molar-refractivity contribution is 7.11. The standard InChI is InChI=1S/C9H13N5O2S/c10-6(15)2-1-5(14-9(11)12)7(16)8-13-3-4-17-8/h3-5H,1-2H2,(H2,10,15)(H4,11,12,14). The van der Waals surface area contributed by atoms with Gasteiger partial charge in [0.2, 0.25) is 11.7 Å². The molecule has 1 aromatic heterocycles. The summed E-state index contributed by atoms with van der Waals surface area (Å²) in [6, 6.07) is -0.807. The van der Waals surface area contributed by atoms with Gasteiger partial charge in [-0.1, -0.05) is 0 Å². The van der Waals surface area contributed by atoms with Crippen molar-refractivity contribution in [2.75, 3.05) is 0 Å². The number of amides is 1. The smallest absolute Gasteiger partial charge is 0.217 e. The highest BCUT2D eigenvalue weighted by Gasteiger charge is 2.22. The Morgan fingerprint density at radius 1 is 1.41 bits per heavy atom. The number of ketones is 1. The Morgan fingerprint density at radius 2 is 2.12 bits per heavy atom. The average molecular weight is 255 g/mol. The summed E-state index contributed by atoms with van der Waals surface area (Å²) in [6.45, 7) is 0. The molecule has 1 aromatic rings. The van der Waals surface area contributed by atoms with Crippen molar-refractivity contribution in [3.05, 3.63) is 16.6 Å². The first-order valence-electron chi connectivity index (χ1n) is 4.81. The van der Waals surface area contributed by atoms with Crippen LogP contribution in [0.2, 0.25) is 0 Å². The zero-order valence-electron chi connectivity index (χ0n) is 9.00. The highest BCUT2D eigenvalue weighted by atomic mass is 32.1. The molecule has 0 aliphatic carbocycles. The molecule has 92 valence electrons. The minimum absolute atomic E-state index is 0.0402. The molecule has 6 N–H and O–H groups in total. The minimum atomic E-state index is -0.807. The molecule has 17 heavy (non-hydrogen) atoms. The van der Waals surface area contributed by atoms with E-state index in [1.54, 1.807) is 5.38 Å². The summed E-state index contributed by atoms with van der Waals surface area (Å²) in [5, 5.41) is 1.98. The molecular weight excluding hydrogens is 242 g/mol. The monoisotopic (exact) mass is 255 g/mol. The first kappa shape index (κ1) is 13.1. The van der Waals surface area contributed by atoms with Crippen LogP contribution in [0.3, 0.4) is 0 Å². The van der Waals surface area contributed by atoms with Crippen molar-refractivity contribution in [3.8, 4) is 0 Å². The number of Topliss-reactive ketones (excluding diaryl/α,β-unsaturated/α-hetero) is 1. The van der Waals surface area contributed by atoms with Crippen LogP contribution < -0.4 is 17.2 Å². The van der Waals surface area contributed by atoms with E-state index in [9.17, 15) is 9.59 Å². The minimum Gasteiger partial charge on any atom is -0.370 e. The van der Waals surface area contributed by atoms with Crippen LogP contribution >= 0.6 is 11.3 Å². The van der Waals surface area contributed by atoms with E-state index in [1.807, 2.05) is 0 Å². The molecule has 1 amide bonds. The third kappa shape index (κ3) is 4.19. The molecule has 7 nitrogen and oxygen atoms in total. The van der Waals surface area contributed by atoms with Gasteiger partial charge in [0.25, 0.3) is 0 Å². The van der Waals surface area contributed by atoms with Gasteiger partial charge in [-0.25, -0.2) is 9.98 Å². The Bertz CT molecular complexity index is 425. The van der Waals surface area contributed by atoms with Crippen molar-refractivity contribution in [2.24, 2.45) is 22.2 Å². The van der Waals surface area contributed by atoms with E-state index in [1.165, 1.54) is 17.5 Å². The summed E-state index contributed by atoms with van der Waals surface area (Å²) >= 11 is 1.19. The Hall–Kier alpha value is -1.96. The number of carbonyl (C=O) groups excluding carboxylic acids is 2. The van der Waals surface area contributed by atoms with Gasteiger partial charge in [0.15, 0.2) is 11.0 Å². The van der Waals surface area contributed by atoms with E-state index in [0.717, 1.165) is 0 Å². The molecular formula is C9H13N5O2S. The van der Waals surface area contributed by atoms with E-state index in [0.29, 0.717) is 5.01 Å². The lowest BCUT2D eigenvalue weighted by Crippen LogP contribution is -2.30. The number of hydrogen-bond donors (Lipinski definition) is 3. The number of rotatable bonds is 6. The number of primary amides is 1. The maximum Gasteiger partial charge on any atom is 0.217 e. The SMILES string of the molecule is NC(=O)CCC(N=C(N)N)C(=O)c1nccs1. The molecule has 0 bridgehead atoms. The van der Waals surface area contributed by atoms with Gasteiger partial charge in [0, 0.05) is 18.0 Å². The number of thiazole rings is 1. The van der Waals surface area contributed by atoms with Gasteiger partial charge >= 0.3 is 0 Å². The molecule has 0 radical (unpaired) electrons. The van der Waals surface area contributed by atoms with Crippen LogP contribution in [0.5, 0.6) is 0 Å². The summed E-state index contributed by atoms with van der Waals surface area (Å²) in [5.41, 5.74) is 15.5. The molecule has 1 atom stereocenters. The quantitative estimate of drug-likeness (QED) is 0.348. The van der Waals surface area contributed by atoms with Crippen LogP contribution in [-0.2, 0) is 4.79 Å². The third-order valence-corrected chi connectivity index (χ3v) is 2.70. The number of nitrogens with two attached hydrogens (primary N) is 3. The van der Waals surface area contributed by atoms with E-state index >= 15 is 0 Å². The average Bonchev–Trinajstić information content (AvgIpc) is 2.75. The molecule has 0 saturated heterocycles. The molecule has 8 heteroatoms. The van der Waals surface area contributed by atoms with Crippen molar-refractivity contribution in [2.45, 2.75) is 18.9 Å². The number of carbonyl (C=O) groups is 2. The number of aliphatic imine (C=N–C) groups is 1. The fourth-order valence-corrected chi connectivity index (χ4v) is 1.83. The maximum absolute atomic E-state index is 11.9. The molecule has 1 unspecified atom stereocenters. The normalized spacial score (nSPS) is 11.8. The lowest BCUT2D eigenvalue weighted by Gasteiger charge is -2.08. The van der Waals surface area contributed by atoms with Crippen molar-refractivity contribution < 1.29 is 9.59 Å². The molecule has 0 saturated carbocycles. The maximum atomic E-state index is 11.9. The van der Waals surface area contributed by atoms with E-state index in [4.69, 9.17) is 17.2 Å². The Labute approximate surface area is 102 Å². The second-order valence-corrected chi connectivity index (χ2v) is 4.17. The molecule has 0 aliphatic rings. The fraction of sp³-hybridized carbons (Fsp3) is 0.333. The van der Waals surface area contributed by atoms with Crippen LogP contribution in [-0.4, -0.2) is 28.7 Å². The van der Waals surface area contributed by atoms with Gasteiger partial charge in [0.05, 0.1) is 0 Å². The molecule has 1 rings (SSSR count). The number of aromatic nitrogens is 1. The predicted octanol–water partition coefficient (Wildman–Crippen LogP) is -0.767. The Kier molecular flexibility index (Phi) is 4.58. The third-order valence-electron chi connectivity index (χ3n) is 1.91. The van der Waals surface area contributed by atoms with Crippen LogP contribution in [0.15, 0.2) is 16.6 Å². The first-order valence-corrected chi connectivity index (χ1v) is 5.69. The number of nitrogens with zero attached hydrogens (tertiary/aromatic N) is 2. The molecule has 0 fully saturated rings. The largest absolute Gasteiger partial charge is 0.370 e. The number of guanidine groups is 1. The van der Waals surface area contributed by atoms with Crippen molar-refractivity contribution in [1.82, 2.24) is 4.98 Å². The van der Waals surface area contributed by atoms with Gasteiger partial charge in [0.1, 0.15) is 6.04 Å². The first-order chi connectivity index (χ1) is 8.00. The summed E-state index contributed by atoms with van der Waals surface area (Å²) < 4.78 is 0. The second-order valence-electron chi connectivity index (χ2n) is 3.28. The van der Waals surface area contributed by atoms with Gasteiger partial charge in [-0.2, -0.15) is 0 Å². The van der Waals surface area contributed by atoms with Crippen molar-refractivity contribution >= 4 is 29.0 Å². The van der Waals surface area contributed by atoms with Crippen LogP contribution in [0.1, 0.15) is 22.6 Å². The number of hydrogen-bond acceptors (Lipinski definition) is 5. The lowest BCUT2D eigenvalue weighted by atomic mass is 10.1. The molecule has 0 spiro atoms. The fourth-order valence-electron chi connectivity index (χ4n) is 1.20. The summed E-state index contributed by atoms with van der Waals surface area (Å²) in [6.07, 6.45) is 1.72. The molecule has 0 aliphatic heterocycles. The highest BCUT2D eigenvalue weighted by Crippen LogP contribution is 2.13. The topological polar surface area (TPSA) is 137 Å². The van der Waals surface area contributed by atoms with Crippen molar-refractivity contribution in [3.63, 3.8) is 0 Å². The van der Waals surface area contributed by atoms with Crippen LogP contribution in [0.4, 0.5) is 0 Å². The molecule has 1 heterocycles. The van der Waals surface area contributed by atoms with Gasteiger partial charge in [-0.15, -0.1) is 11.3 Å². The van der Waals surface area contributed by atoms with Crippen molar-refractivity contribution in [1.29, 1.82) is 0 Å². The zero-order valence-corrected chi connectivity index (χ0v) is 9.81. The van der Waals surface area contributed by atoms with Crippen LogP contribution in [0, 0.1) is 0 Å². The van der Waals surface area contributed by atoms with E-state index < -0.39 is 11.9 Å². The summed E-state index contributed by atoms with van der Waals surface area (Å²) in [7, 11) is 0. The Morgan fingerprint density at radius 3 is 2.59 bits per heavy atom. The van der Waals surface area contributed by atoms with Gasteiger partial charge in [-0.05, 0) is 6.42 Å². The summed E-state index contributed by atoms with van der Waals surface area (Å²) in [5.74, 6) is -1.02. The molecule has 0 aromatic carbocycles. The van der Waals surface area contributed by atoms with E-state index in [-0.39, 0.29) is 24.6 Å². The van der Waals surface area contributed by atoms with E-state index in [2.05, 4.69) is 9.98 Å². The zero-order chi connectivity index (χ0) is 12.8.